The molecule has 11 heavy (non-hydrogen) atoms. The summed E-state index contributed by atoms with van der Waals surface area (Å²) in [6.07, 6.45) is 0. The zero-order chi connectivity index (χ0) is 9.12. The van der Waals surface area contributed by atoms with Crippen LogP contribution >= 0.6 is 15.6 Å². The van der Waals surface area contributed by atoms with E-state index < -0.39 is 15.6 Å². The lowest BCUT2D eigenvalue weighted by Crippen LogP contribution is -1.88. The second kappa shape index (κ2) is 3.68. The maximum Gasteiger partial charge on any atom is 0.546 e. The van der Waals surface area contributed by atoms with Crippen LogP contribution in [0.25, 0.3) is 0 Å². The van der Waals surface area contributed by atoms with Gasteiger partial charge in [-0.3, -0.25) is 0 Å². The molecule has 0 spiro atoms. The van der Waals surface area contributed by atoms with Gasteiger partial charge in [0.15, 0.2) is 0 Å². The van der Waals surface area contributed by atoms with Gasteiger partial charge in [0.1, 0.15) is 0 Å². The maximum absolute atomic E-state index is 11.0. The molecule has 7 nitrogen and oxygen atoms in total. The van der Waals surface area contributed by atoms with Crippen LogP contribution in [-0.4, -0.2) is 9.79 Å². The van der Waals surface area contributed by atoms with E-state index in [4.69, 9.17) is 9.79 Å². The van der Waals surface area contributed by atoms with Gasteiger partial charge in [-0.2, -0.15) is 4.31 Å². The van der Waals surface area contributed by atoms with Crippen LogP contribution in [0.5, 0.6) is 0 Å². The zero-order valence-corrected chi connectivity index (χ0v) is 6.37. The van der Waals surface area contributed by atoms with Gasteiger partial charge in [0.25, 0.3) is 0 Å². The van der Waals surface area contributed by atoms with Crippen LogP contribution in [0, 0.1) is 0 Å². The SMILES string of the molecule is O=P(O)(O)OP(=O)(OF)OF. The second-order valence-corrected chi connectivity index (χ2v) is 3.96. The van der Waals surface area contributed by atoms with E-state index in [1.54, 1.807) is 0 Å². The molecule has 11 heteroatoms. The zero-order valence-electron chi connectivity index (χ0n) is 4.59. The first-order valence-corrected chi connectivity index (χ1v) is 4.79. The Labute approximate surface area is 58.5 Å². The Kier molecular flexibility index (Phi) is 3.72. The summed E-state index contributed by atoms with van der Waals surface area (Å²) in [4.78, 5) is 15.7. The van der Waals surface area contributed by atoms with Gasteiger partial charge in [0.05, 0.1) is 0 Å². The Morgan fingerprint density at radius 1 is 1.09 bits per heavy atom. The van der Waals surface area contributed by atoms with Gasteiger partial charge in [0.2, 0.25) is 0 Å². The summed E-state index contributed by atoms with van der Waals surface area (Å²) in [5, 5.41) is 0. The topological polar surface area (TPSA) is 102 Å². The molecular weight excluding hydrogens is 212 g/mol. The van der Waals surface area contributed by atoms with Crippen LogP contribution in [0.1, 0.15) is 0 Å². The van der Waals surface area contributed by atoms with E-state index in [1.165, 1.54) is 0 Å². The molecule has 0 aromatic heterocycles. The Morgan fingerprint density at radius 2 is 1.45 bits per heavy atom. The molecule has 2 N–H and O–H groups in total. The van der Waals surface area contributed by atoms with Crippen molar-refractivity contribution in [1.82, 2.24) is 0 Å². The molecule has 0 rings (SSSR count). The maximum atomic E-state index is 11.0. The third-order valence-corrected chi connectivity index (χ3v) is 2.36. The molecule has 0 fully saturated rings. The lowest BCUT2D eigenvalue weighted by molar-refractivity contribution is -0.109. The molecule has 0 atom stereocenters. The Morgan fingerprint density at radius 3 is 1.55 bits per heavy atom. The minimum absolute atomic E-state index is 2.21. The predicted molar refractivity (Wildman–Crippen MR) is 25.1 cm³/mol. The van der Waals surface area contributed by atoms with Crippen LogP contribution in [-0.2, 0) is 22.9 Å². The van der Waals surface area contributed by atoms with Crippen molar-refractivity contribution >= 4 is 15.6 Å². The van der Waals surface area contributed by atoms with Gasteiger partial charge in [-0.15, -0.1) is 0 Å². The van der Waals surface area contributed by atoms with Gasteiger partial charge in [0, 0.05) is 0 Å². The first kappa shape index (κ1) is 11.1. The quantitative estimate of drug-likeness (QED) is 0.672. The Hall–Kier alpha value is 0.120. The van der Waals surface area contributed by atoms with Gasteiger partial charge < -0.3 is 9.79 Å². The fraction of sp³-hybridized carbons (Fsp3) is 0. The highest BCUT2D eigenvalue weighted by Gasteiger charge is 2.38. The lowest BCUT2D eigenvalue weighted by atomic mass is 15.5. The summed E-state index contributed by atoms with van der Waals surface area (Å²) in [7, 11) is -10.7. The van der Waals surface area contributed by atoms with Crippen molar-refractivity contribution in [2.24, 2.45) is 0 Å². The van der Waals surface area contributed by atoms with Gasteiger partial charge in [-0.1, -0.05) is 9.46 Å². The van der Waals surface area contributed by atoms with Crippen molar-refractivity contribution in [3.63, 3.8) is 0 Å². The fourth-order valence-electron chi connectivity index (χ4n) is 0.166. The van der Waals surface area contributed by atoms with E-state index in [-0.39, 0.29) is 0 Å². The molecule has 68 valence electrons. The van der Waals surface area contributed by atoms with Crippen molar-refractivity contribution in [3.05, 3.63) is 0 Å². The van der Waals surface area contributed by atoms with E-state index in [0.717, 1.165) is 0 Å². The molecule has 0 aromatic carbocycles. The van der Waals surface area contributed by atoms with E-state index in [2.05, 4.69) is 13.8 Å². The smallest absolute Gasteiger partial charge is 0.302 e. The molecule has 0 bridgehead atoms. The standard InChI is InChI=1S/F2H2O7P2/c1-7-11(6,8-2)9-10(3,4)5/h(H2,3,4,5). The first-order chi connectivity index (χ1) is 4.83. The first-order valence-electron chi connectivity index (χ1n) is 1.80. The average Bonchev–Trinajstić information content (AvgIpc) is 1.84. The Balaban J connectivity index is 4.34. The van der Waals surface area contributed by atoms with Gasteiger partial charge >= 0.3 is 15.6 Å². The van der Waals surface area contributed by atoms with E-state index in [1.807, 2.05) is 0 Å². The van der Waals surface area contributed by atoms with E-state index >= 15 is 0 Å². The molecule has 0 heterocycles. The molecule has 0 radical (unpaired) electrons. The second-order valence-electron chi connectivity index (χ2n) is 1.16. The molecule has 0 aliphatic rings. The molecule has 0 saturated heterocycles. The molecular formula is H2F2O7P2. The van der Waals surface area contributed by atoms with Crippen molar-refractivity contribution in [2.45, 2.75) is 0 Å². The van der Waals surface area contributed by atoms with Crippen molar-refractivity contribution < 1.29 is 41.7 Å². The summed E-state index contributed by atoms with van der Waals surface area (Å²) < 4.78 is 49.1. The van der Waals surface area contributed by atoms with Crippen LogP contribution in [0.4, 0.5) is 9.05 Å². The molecule has 0 aliphatic heterocycles. The predicted octanol–water partition coefficient (Wildman–Crippen LogP) is 1.01. The molecule has 0 amide bonds. The number of halogens is 2. The summed E-state index contributed by atoms with van der Waals surface area (Å²) in [5.41, 5.74) is 0. The third-order valence-electron chi connectivity index (χ3n) is 0.375. The third kappa shape index (κ3) is 4.54. The normalized spacial score (nSPS) is 13.5. The average molecular weight is 214 g/mol. The highest BCUT2D eigenvalue weighted by Crippen LogP contribution is 2.61. The highest BCUT2D eigenvalue weighted by atomic mass is 31.3. The summed E-state index contributed by atoms with van der Waals surface area (Å²) in [5.74, 6) is 0. The minimum atomic E-state index is -5.40. The number of rotatable bonds is 4. The summed E-state index contributed by atoms with van der Waals surface area (Å²) >= 11 is 0. The van der Waals surface area contributed by atoms with Crippen molar-refractivity contribution in [3.8, 4) is 0 Å². The van der Waals surface area contributed by atoms with Crippen LogP contribution in [0.3, 0.4) is 0 Å². The van der Waals surface area contributed by atoms with E-state index in [0.29, 0.717) is 0 Å². The molecule has 0 aromatic rings. The summed E-state index contributed by atoms with van der Waals surface area (Å²) in [6.45, 7) is 0. The minimum Gasteiger partial charge on any atom is -0.302 e. The van der Waals surface area contributed by atoms with Gasteiger partial charge in [-0.25, -0.2) is 9.13 Å². The van der Waals surface area contributed by atoms with Crippen LogP contribution < -0.4 is 0 Å². The number of phosphoric acid groups is 2. The number of hydrogen-bond donors (Lipinski definition) is 2. The fourth-order valence-corrected chi connectivity index (χ4v) is 1.43. The highest BCUT2D eigenvalue weighted by molar-refractivity contribution is 7.61. The molecule has 0 aliphatic carbocycles. The largest absolute Gasteiger partial charge is 0.546 e. The van der Waals surface area contributed by atoms with Crippen LogP contribution in [0.15, 0.2) is 0 Å². The van der Waals surface area contributed by atoms with Crippen molar-refractivity contribution in [1.29, 1.82) is 0 Å². The summed E-state index contributed by atoms with van der Waals surface area (Å²) in [6, 6.07) is 0. The number of hydrogen-bond acceptors (Lipinski definition) is 5. The monoisotopic (exact) mass is 214 g/mol. The molecule has 0 unspecified atom stereocenters. The molecule has 0 saturated carbocycles. The van der Waals surface area contributed by atoms with Crippen molar-refractivity contribution in [2.75, 3.05) is 0 Å². The van der Waals surface area contributed by atoms with E-state index in [9.17, 15) is 18.2 Å². The van der Waals surface area contributed by atoms with Gasteiger partial charge in [-0.05, 0) is 9.05 Å². The van der Waals surface area contributed by atoms with Crippen LogP contribution in [0.2, 0.25) is 0 Å². The lowest BCUT2D eigenvalue weighted by Gasteiger charge is -2.06. The Bertz CT molecular complexity index is 196.